The molecule has 1 atom stereocenters. The van der Waals surface area contributed by atoms with Crippen LogP contribution in [0.5, 0.6) is 5.75 Å². The second-order valence-electron chi connectivity index (χ2n) is 4.70. The van der Waals surface area contributed by atoms with Crippen molar-refractivity contribution in [2.24, 2.45) is 0 Å². The lowest BCUT2D eigenvalue weighted by atomic mass is 9.99. The van der Waals surface area contributed by atoms with Crippen LogP contribution in [0.2, 0.25) is 0 Å². The van der Waals surface area contributed by atoms with E-state index in [0.717, 1.165) is 11.6 Å². The molecule has 20 heavy (non-hydrogen) atoms. The number of rotatable bonds is 4. The van der Waals surface area contributed by atoms with Gasteiger partial charge in [0.15, 0.2) is 15.6 Å². The monoisotopic (exact) mass is 292 g/mol. The van der Waals surface area contributed by atoms with Crippen molar-refractivity contribution in [3.8, 4) is 5.75 Å². The minimum absolute atomic E-state index is 0.397. The van der Waals surface area contributed by atoms with Crippen molar-refractivity contribution in [3.63, 3.8) is 0 Å². The minimum Gasteiger partial charge on any atom is -0.496 e. The third kappa shape index (κ3) is 2.54. The Bertz CT molecular complexity index is 763. The number of carbonyl (C=O) groups is 1. The molecule has 0 spiro atoms. The van der Waals surface area contributed by atoms with Crippen molar-refractivity contribution in [2.45, 2.75) is 12.2 Å². The van der Waals surface area contributed by atoms with E-state index in [4.69, 9.17) is 4.74 Å². The number of hydrogen-bond donors (Lipinski definition) is 0. The van der Waals surface area contributed by atoms with Crippen LogP contribution in [0, 0.1) is 0 Å². The molecule has 2 aromatic carbocycles. The molecule has 0 amide bonds. The highest BCUT2D eigenvalue weighted by atomic mass is 32.2. The Labute approximate surface area is 118 Å². The Kier molecular flexibility index (Phi) is 3.81. The number of hydrogen-bond acceptors (Lipinski definition) is 4. The van der Waals surface area contributed by atoms with E-state index in [0.29, 0.717) is 16.7 Å². The van der Waals surface area contributed by atoms with Gasteiger partial charge in [-0.15, -0.1) is 0 Å². The van der Waals surface area contributed by atoms with Gasteiger partial charge in [0.1, 0.15) is 11.0 Å². The highest BCUT2D eigenvalue weighted by Gasteiger charge is 2.26. The van der Waals surface area contributed by atoms with Gasteiger partial charge in [0.25, 0.3) is 0 Å². The van der Waals surface area contributed by atoms with Gasteiger partial charge >= 0.3 is 0 Å². The molecule has 4 nitrogen and oxygen atoms in total. The van der Waals surface area contributed by atoms with Crippen LogP contribution >= 0.6 is 0 Å². The molecule has 0 saturated heterocycles. The van der Waals surface area contributed by atoms with Gasteiger partial charge in [0.2, 0.25) is 0 Å². The summed E-state index contributed by atoms with van der Waals surface area (Å²) in [5.74, 6) is 0.260. The summed E-state index contributed by atoms with van der Waals surface area (Å²) in [6, 6.07) is 10.6. The van der Waals surface area contributed by atoms with E-state index in [1.54, 1.807) is 25.3 Å². The molecule has 0 aliphatic carbocycles. The Morgan fingerprint density at radius 3 is 2.25 bits per heavy atom. The Morgan fingerprint density at radius 1 is 1.10 bits per heavy atom. The van der Waals surface area contributed by atoms with Gasteiger partial charge in [-0.2, -0.15) is 0 Å². The van der Waals surface area contributed by atoms with E-state index in [9.17, 15) is 13.2 Å². The number of ketones is 1. The maximum absolute atomic E-state index is 12.4. The number of ether oxygens (including phenoxy) is 1. The van der Waals surface area contributed by atoms with E-state index < -0.39 is 20.9 Å². The summed E-state index contributed by atoms with van der Waals surface area (Å²) >= 11 is 0. The topological polar surface area (TPSA) is 60.4 Å². The summed E-state index contributed by atoms with van der Waals surface area (Å²) in [4.78, 5) is 12.4. The molecule has 2 aromatic rings. The van der Waals surface area contributed by atoms with E-state index >= 15 is 0 Å². The van der Waals surface area contributed by atoms with Crippen LogP contribution in [0.1, 0.15) is 17.3 Å². The second kappa shape index (κ2) is 5.25. The third-order valence-electron chi connectivity index (χ3n) is 3.38. The summed E-state index contributed by atoms with van der Waals surface area (Å²) < 4.78 is 28.4. The maximum Gasteiger partial charge on any atom is 0.181 e. The molecule has 0 saturated carbocycles. The van der Waals surface area contributed by atoms with Crippen LogP contribution in [-0.2, 0) is 9.84 Å². The SMILES string of the molecule is COc1ccc(C(=O)C(C)S(C)(=O)=O)c2ccccc12. The molecule has 0 aromatic heterocycles. The molecule has 0 radical (unpaired) electrons. The second-order valence-corrected chi connectivity index (χ2v) is 7.06. The van der Waals surface area contributed by atoms with Gasteiger partial charge in [-0.1, -0.05) is 24.3 Å². The fourth-order valence-corrected chi connectivity index (χ4v) is 2.59. The Balaban J connectivity index is 2.65. The lowest BCUT2D eigenvalue weighted by Gasteiger charge is -2.12. The molecule has 2 rings (SSSR count). The number of fused-ring (bicyclic) bond motifs is 1. The molecular formula is C15H16O4S. The highest BCUT2D eigenvalue weighted by molar-refractivity contribution is 7.92. The maximum atomic E-state index is 12.4. The zero-order valence-corrected chi connectivity index (χ0v) is 12.4. The molecule has 0 N–H and O–H groups in total. The molecule has 0 fully saturated rings. The first-order chi connectivity index (χ1) is 9.36. The van der Waals surface area contributed by atoms with Crippen molar-refractivity contribution >= 4 is 26.4 Å². The molecule has 5 heteroatoms. The number of Topliss-reactive ketones (excluding diaryl/α,β-unsaturated/α-hetero) is 1. The highest BCUT2D eigenvalue weighted by Crippen LogP contribution is 2.29. The summed E-state index contributed by atoms with van der Waals surface area (Å²) in [5, 5.41) is 0.438. The van der Waals surface area contributed by atoms with Gasteiger partial charge < -0.3 is 4.74 Å². The number of carbonyl (C=O) groups excluding carboxylic acids is 1. The average molecular weight is 292 g/mol. The van der Waals surface area contributed by atoms with E-state index in [1.807, 2.05) is 18.2 Å². The van der Waals surface area contributed by atoms with E-state index in [2.05, 4.69) is 0 Å². The van der Waals surface area contributed by atoms with Crippen molar-refractivity contribution in [3.05, 3.63) is 42.0 Å². The van der Waals surface area contributed by atoms with E-state index in [1.165, 1.54) is 6.92 Å². The number of methoxy groups -OCH3 is 1. The zero-order chi connectivity index (χ0) is 14.9. The minimum atomic E-state index is -3.42. The van der Waals surface area contributed by atoms with Gasteiger partial charge in [-0.05, 0) is 24.4 Å². The van der Waals surface area contributed by atoms with Crippen molar-refractivity contribution in [2.75, 3.05) is 13.4 Å². The van der Waals surface area contributed by atoms with E-state index in [-0.39, 0.29) is 0 Å². The molecule has 1 unspecified atom stereocenters. The first kappa shape index (κ1) is 14.5. The smallest absolute Gasteiger partial charge is 0.181 e. The largest absolute Gasteiger partial charge is 0.496 e. The summed E-state index contributed by atoms with van der Waals surface area (Å²) in [7, 11) is -1.86. The normalized spacial score (nSPS) is 13.2. The molecule has 0 aliphatic heterocycles. The standard InChI is InChI=1S/C15H16O4S/c1-10(20(3,17)18)15(16)13-8-9-14(19-2)12-7-5-4-6-11(12)13/h4-10H,1-3H3. The molecule has 106 valence electrons. The van der Waals surface area contributed by atoms with Crippen molar-refractivity contribution in [1.29, 1.82) is 0 Å². The van der Waals surface area contributed by atoms with Crippen LogP contribution < -0.4 is 4.74 Å². The third-order valence-corrected chi connectivity index (χ3v) is 4.88. The van der Waals surface area contributed by atoms with Gasteiger partial charge in [0.05, 0.1) is 7.11 Å². The lowest BCUT2D eigenvalue weighted by molar-refractivity contribution is 0.0993. The van der Waals surface area contributed by atoms with Crippen LogP contribution in [0.4, 0.5) is 0 Å². The first-order valence-electron chi connectivity index (χ1n) is 6.15. The summed E-state index contributed by atoms with van der Waals surface area (Å²) in [6.45, 7) is 1.41. The number of benzene rings is 2. The summed E-state index contributed by atoms with van der Waals surface area (Å²) in [6.07, 6.45) is 1.07. The average Bonchev–Trinajstić information content (AvgIpc) is 2.43. The summed E-state index contributed by atoms with van der Waals surface area (Å²) in [5.41, 5.74) is 0.402. The molecule has 0 bridgehead atoms. The number of sulfone groups is 1. The Hall–Kier alpha value is -1.88. The van der Waals surface area contributed by atoms with Crippen LogP contribution in [-0.4, -0.2) is 32.8 Å². The molecule has 0 heterocycles. The van der Waals surface area contributed by atoms with Crippen LogP contribution in [0.25, 0.3) is 10.8 Å². The van der Waals surface area contributed by atoms with Crippen molar-refractivity contribution in [1.82, 2.24) is 0 Å². The van der Waals surface area contributed by atoms with Crippen molar-refractivity contribution < 1.29 is 17.9 Å². The van der Waals surface area contributed by atoms with Gasteiger partial charge in [-0.25, -0.2) is 8.42 Å². The predicted molar refractivity (Wildman–Crippen MR) is 79.1 cm³/mol. The van der Waals surface area contributed by atoms with Crippen LogP contribution in [0.15, 0.2) is 36.4 Å². The fraction of sp³-hybridized carbons (Fsp3) is 0.267. The lowest BCUT2D eigenvalue weighted by Crippen LogP contribution is -2.26. The predicted octanol–water partition coefficient (Wildman–Crippen LogP) is 2.46. The Morgan fingerprint density at radius 2 is 1.70 bits per heavy atom. The van der Waals surface area contributed by atoms with Crippen LogP contribution in [0.3, 0.4) is 0 Å². The fourth-order valence-electron chi connectivity index (χ4n) is 2.08. The molecular weight excluding hydrogens is 276 g/mol. The molecule has 0 aliphatic rings. The quantitative estimate of drug-likeness (QED) is 0.812. The zero-order valence-electron chi connectivity index (χ0n) is 11.6. The van der Waals surface area contributed by atoms with Gasteiger partial charge in [-0.3, -0.25) is 4.79 Å². The first-order valence-corrected chi connectivity index (χ1v) is 8.10. The van der Waals surface area contributed by atoms with Gasteiger partial charge in [0, 0.05) is 17.2 Å².